The first kappa shape index (κ1) is 14.5. The minimum absolute atomic E-state index is 0.132. The average Bonchev–Trinajstić information content (AvgIpc) is 2.42. The smallest absolute Gasteiger partial charge is 0.170 e. The van der Waals surface area contributed by atoms with Gasteiger partial charge in [-0.3, -0.25) is 0 Å². The molecular formula is C13H21N3O2. The van der Waals surface area contributed by atoms with Crippen molar-refractivity contribution in [2.24, 2.45) is 10.9 Å². The van der Waals surface area contributed by atoms with Gasteiger partial charge >= 0.3 is 0 Å². The highest BCUT2D eigenvalue weighted by Gasteiger charge is 2.05. The summed E-state index contributed by atoms with van der Waals surface area (Å²) < 4.78 is 0. The molecule has 0 aliphatic rings. The van der Waals surface area contributed by atoms with Crippen LogP contribution in [0.1, 0.15) is 30.4 Å². The van der Waals surface area contributed by atoms with Gasteiger partial charge in [-0.2, -0.15) is 0 Å². The fourth-order valence-electron chi connectivity index (χ4n) is 1.74. The molecule has 100 valence electrons. The van der Waals surface area contributed by atoms with Crippen molar-refractivity contribution in [3.63, 3.8) is 0 Å². The summed E-state index contributed by atoms with van der Waals surface area (Å²) in [6, 6.07) is 7.57. The molecule has 0 aliphatic heterocycles. The molecule has 0 amide bonds. The van der Waals surface area contributed by atoms with Crippen LogP contribution in [0, 0.1) is 0 Å². The van der Waals surface area contributed by atoms with E-state index >= 15 is 0 Å². The van der Waals surface area contributed by atoms with Crippen molar-refractivity contribution < 1.29 is 10.3 Å². The molecule has 5 N–H and O–H groups in total. The van der Waals surface area contributed by atoms with Crippen LogP contribution in [-0.4, -0.2) is 29.3 Å². The van der Waals surface area contributed by atoms with E-state index in [2.05, 4.69) is 10.5 Å². The van der Waals surface area contributed by atoms with Crippen LogP contribution in [0.25, 0.3) is 0 Å². The summed E-state index contributed by atoms with van der Waals surface area (Å²) in [5, 5.41) is 23.7. The monoisotopic (exact) mass is 251 g/mol. The Hall–Kier alpha value is -1.59. The predicted octanol–water partition coefficient (Wildman–Crippen LogP) is 1.03. The van der Waals surface area contributed by atoms with Crippen LogP contribution in [-0.2, 0) is 6.54 Å². The van der Waals surface area contributed by atoms with Crippen LogP contribution >= 0.6 is 0 Å². The lowest BCUT2D eigenvalue weighted by molar-refractivity contribution is 0.283. The fraction of sp³-hybridized carbons (Fsp3) is 0.462. The summed E-state index contributed by atoms with van der Waals surface area (Å²) in [4.78, 5) is 0. The molecule has 0 saturated carbocycles. The summed E-state index contributed by atoms with van der Waals surface area (Å²) in [5.74, 6) is 0.132. The third-order valence-corrected chi connectivity index (χ3v) is 2.73. The van der Waals surface area contributed by atoms with Crippen molar-refractivity contribution in [2.75, 3.05) is 13.2 Å². The molecule has 0 atom stereocenters. The molecule has 0 heterocycles. The van der Waals surface area contributed by atoms with Gasteiger partial charge < -0.3 is 21.4 Å². The van der Waals surface area contributed by atoms with Gasteiger partial charge in [-0.25, -0.2) is 0 Å². The normalized spacial score (nSPS) is 11.7. The number of hydrogen-bond acceptors (Lipinski definition) is 4. The minimum atomic E-state index is 0.132. The lowest BCUT2D eigenvalue weighted by Gasteiger charge is -2.09. The van der Waals surface area contributed by atoms with Gasteiger partial charge in [0, 0.05) is 18.7 Å². The number of amidine groups is 1. The number of nitrogens with zero attached hydrogens (tertiary/aromatic N) is 1. The SMILES string of the molecule is N/C(=N/O)c1ccccc1CNCCCCCO. The number of hydrogen-bond donors (Lipinski definition) is 4. The van der Waals surface area contributed by atoms with Gasteiger partial charge in [0.25, 0.3) is 0 Å². The molecule has 1 rings (SSSR count). The van der Waals surface area contributed by atoms with Crippen LogP contribution in [0.3, 0.4) is 0 Å². The van der Waals surface area contributed by atoms with Crippen molar-refractivity contribution in [1.29, 1.82) is 0 Å². The molecule has 5 nitrogen and oxygen atoms in total. The van der Waals surface area contributed by atoms with Crippen LogP contribution < -0.4 is 11.1 Å². The highest BCUT2D eigenvalue weighted by Crippen LogP contribution is 2.08. The molecule has 1 aromatic carbocycles. The number of aliphatic hydroxyl groups is 1. The van der Waals surface area contributed by atoms with Crippen molar-refractivity contribution in [3.05, 3.63) is 35.4 Å². The maximum atomic E-state index is 8.70. The second-order valence-corrected chi connectivity index (χ2v) is 4.10. The third kappa shape index (κ3) is 4.73. The van der Waals surface area contributed by atoms with E-state index in [-0.39, 0.29) is 12.4 Å². The van der Waals surface area contributed by atoms with Gasteiger partial charge in [-0.15, -0.1) is 0 Å². The van der Waals surface area contributed by atoms with E-state index in [4.69, 9.17) is 16.0 Å². The van der Waals surface area contributed by atoms with Crippen molar-refractivity contribution in [1.82, 2.24) is 5.32 Å². The largest absolute Gasteiger partial charge is 0.409 e. The molecule has 1 aromatic rings. The molecule has 18 heavy (non-hydrogen) atoms. The van der Waals surface area contributed by atoms with Crippen LogP contribution in [0.5, 0.6) is 0 Å². The predicted molar refractivity (Wildman–Crippen MR) is 71.6 cm³/mol. The molecule has 0 saturated heterocycles. The Balaban J connectivity index is 2.42. The van der Waals surface area contributed by atoms with Gasteiger partial charge in [-0.05, 0) is 31.4 Å². The number of aliphatic hydroxyl groups excluding tert-OH is 1. The fourth-order valence-corrected chi connectivity index (χ4v) is 1.74. The molecule has 0 unspecified atom stereocenters. The first-order chi connectivity index (χ1) is 8.79. The number of benzene rings is 1. The number of nitrogens with two attached hydrogens (primary N) is 1. The number of unbranched alkanes of at least 4 members (excludes halogenated alkanes) is 2. The maximum absolute atomic E-state index is 8.70. The quantitative estimate of drug-likeness (QED) is 0.183. The molecule has 0 bridgehead atoms. The number of rotatable bonds is 8. The van der Waals surface area contributed by atoms with Gasteiger partial charge in [0.15, 0.2) is 5.84 Å². The first-order valence-corrected chi connectivity index (χ1v) is 6.17. The van der Waals surface area contributed by atoms with Crippen LogP contribution in [0.15, 0.2) is 29.4 Å². The van der Waals surface area contributed by atoms with Gasteiger partial charge in [0.2, 0.25) is 0 Å². The average molecular weight is 251 g/mol. The molecule has 0 spiro atoms. The second kappa shape index (κ2) is 8.49. The molecule has 0 aromatic heterocycles. The molecule has 0 fully saturated rings. The van der Waals surface area contributed by atoms with Crippen molar-refractivity contribution in [2.45, 2.75) is 25.8 Å². The standard InChI is InChI=1S/C13H21N3O2/c14-13(16-18)12-7-3-2-6-11(12)10-15-8-4-1-5-9-17/h2-3,6-7,15,17-18H,1,4-5,8-10H2,(H2,14,16). The van der Waals surface area contributed by atoms with Crippen molar-refractivity contribution >= 4 is 5.84 Å². The van der Waals surface area contributed by atoms with Crippen molar-refractivity contribution in [3.8, 4) is 0 Å². The summed E-state index contributed by atoms with van der Waals surface area (Å²) in [6.45, 7) is 1.84. The number of oxime groups is 1. The Morgan fingerprint density at radius 2 is 2.00 bits per heavy atom. The van der Waals surface area contributed by atoms with E-state index in [1.807, 2.05) is 24.3 Å². The van der Waals surface area contributed by atoms with E-state index in [1.54, 1.807) is 0 Å². The Labute approximate surface area is 107 Å². The summed E-state index contributed by atoms with van der Waals surface area (Å²) in [7, 11) is 0. The molecule has 5 heteroatoms. The summed E-state index contributed by atoms with van der Waals surface area (Å²) in [5.41, 5.74) is 7.37. The molecule has 0 radical (unpaired) electrons. The lowest BCUT2D eigenvalue weighted by atomic mass is 10.1. The van der Waals surface area contributed by atoms with E-state index in [0.717, 1.165) is 36.9 Å². The zero-order valence-corrected chi connectivity index (χ0v) is 10.5. The first-order valence-electron chi connectivity index (χ1n) is 6.17. The highest BCUT2D eigenvalue weighted by molar-refractivity contribution is 5.98. The van der Waals surface area contributed by atoms with E-state index in [1.165, 1.54) is 0 Å². The highest BCUT2D eigenvalue weighted by atomic mass is 16.4. The zero-order valence-electron chi connectivity index (χ0n) is 10.5. The Morgan fingerprint density at radius 3 is 2.72 bits per heavy atom. The Bertz CT molecular complexity index is 380. The summed E-state index contributed by atoms with van der Waals surface area (Å²) in [6.07, 6.45) is 2.90. The summed E-state index contributed by atoms with van der Waals surface area (Å²) >= 11 is 0. The van der Waals surface area contributed by atoms with E-state index in [9.17, 15) is 0 Å². The topological polar surface area (TPSA) is 90.9 Å². The Kier molecular flexibility index (Phi) is 6.83. The second-order valence-electron chi connectivity index (χ2n) is 4.10. The lowest BCUT2D eigenvalue weighted by Crippen LogP contribution is -2.20. The number of nitrogens with one attached hydrogen (secondary N) is 1. The van der Waals surface area contributed by atoms with Gasteiger partial charge in [0.1, 0.15) is 0 Å². The molecule has 0 aliphatic carbocycles. The van der Waals surface area contributed by atoms with E-state index in [0.29, 0.717) is 6.54 Å². The molecular weight excluding hydrogens is 230 g/mol. The zero-order chi connectivity index (χ0) is 13.2. The van der Waals surface area contributed by atoms with Crippen LogP contribution in [0.4, 0.5) is 0 Å². The van der Waals surface area contributed by atoms with Gasteiger partial charge in [-0.1, -0.05) is 29.4 Å². The third-order valence-electron chi connectivity index (χ3n) is 2.73. The maximum Gasteiger partial charge on any atom is 0.170 e. The van der Waals surface area contributed by atoms with Gasteiger partial charge in [0.05, 0.1) is 0 Å². The van der Waals surface area contributed by atoms with Crippen LogP contribution in [0.2, 0.25) is 0 Å². The Morgan fingerprint density at radius 1 is 1.22 bits per heavy atom. The minimum Gasteiger partial charge on any atom is -0.409 e. The van der Waals surface area contributed by atoms with E-state index < -0.39 is 0 Å².